The molecule has 1 aliphatic heterocycles. The Morgan fingerprint density at radius 2 is 1.92 bits per heavy atom. The van der Waals surface area contributed by atoms with Gasteiger partial charge >= 0.3 is 6.09 Å². The van der Waals surface area contributed by atoms with Gasteiger partial charge in [0.05, 0.1) is 21.4 Å². The van der Waals surface area contributed by atoms with Crippen molar-refractivity contribution in [3.8, 4) is 0 Å². The smallest absolute Gasteiger partial charge is 0.414 e. The van der Waals surface area contributed by atoms with Crippen LogP contribution in [0.5, 0.6) is 0 Å². The van der Waals surface area contributed by atoms with Gasteiger partial charge in [-0.15, -0.1) is 0 Å². The molecule has 1 amide bonds. The van der Waals surface area contributed by atoms with E-state index in [0.717, 1.165) is 15.7 Å². The standard InChI is InChI=1S/C18H27BrN2O3S/c1-17(2,3)24-16(22)21-10-9-14(20-25(23)18(4,5)6)13-8-7-12(19)11-15(13)21/h7-8,11,14,20H,9-10H2,1-6H3. The van der Waals surface area contributed by atoms with Gasteiger partial charge in [0.15, 0.2) is 0 Å². The molecule has 2 rings (SSSR count). The second-order valence-corrected chi connectivity index (χ2v) is 11.1. The molecule has 0 spiro atoms. The van der Waals surface area contributed by atoms with Crippen LogP contribution < -0.4 is 9.62 Å². The second kappa shape index (κ2) is 7.37. The van der Waals surface area contributed by atoms with Crippen LogP contribution >= 0.6 is 15.9 Å². The molecule has 1 aliphatic rings. The summed E-state index contributed by atoms with van der Waals surface area (Å²) >= 11 is 3.47. The Labute approximate surface area is 161 Å². The van der Waals surface area contributed by atoms with Gasteiger partial charge in [0.25, 0.3) is 0 Å². The highest BCUT2D eigenvalue weighted by molar-refractivity contribution is 9.10. The molecule has 0 saturated carbocycles. The Balaban J connectivity index is 2.31. The van der Waals surface area contributed by atoms with E-state index in [1.807, 2.05) is 59.7 Å². The molecule has 7 heteroatoms. The summed E-state index contributed by atoms with van der Waals surface area (Å²) in [6, 6.07) is 5.74. The van der Waals surface area contributed by atoms with Crippen molar-refractivity contribution in [2.24, 2.45) is 0 Å². The van der Waals surface area contributed by atoms with Crippen LogP contribution in [-0.2, 0) is 15.7 Å². The lowest BCUT2D eigenvalue weighted by molar-refractivity contribution is 0.0576. The third kappa shape index (κ3) is 5.28. The number of hydrogen-bond acceptors (Lipinski definition) is 3. The van der Waals surface area contributed by atoms with Crippen molar-refractivity contribution in [2.75, 3.05) is 11.4 Å². The number of fused-ring (bicyclic) bond motifs is 1. The number of nitrogens with zero attached hydrogens (tertiary/aromatic N) is 1. The first kappa shape index (κ1) is 20.4. The molecule has 25 heavy (non-hydrogen) atoms. The lowest BCUT2D eigenvalue weighted by Crippen LogP contribution is -2.44. The van der Waals surface area contributed by atoms with Gasteiger partial charge in [-0.2, -0.15) is 0 Å². The summed E-state index contributed by atoms with van der Waals surface area (Å²) < 4.78 is 21.8. The fourth-order valence-electron chi connectivity index (χ4n) is 2.51. The minimum Gasteiger partial charge on any atom is -0.443 e. The summed E-state index contributed by atoms with van der Waals surface area (Å²) in [5, 5.41) is 0. The fraction of sp³-hybridized carbons (Fsp3) is 0.611. The van der Waals surface area contributed by atoms with Crippen molar-refractivity contribution in [1.29, 1.82) is 0 Å². The lowest BCUT2D eigenvalue weighted by atomic mass is 9.97. The molecular weight excluding hydrogens is 404 g/mol. The van der Waals surface area contributed by atoms with E-state index in [1.54, 1.807) is 4.90 Å². The Morgan fingerprint density at radius 1 is 1.28 bits per heavy atom. The van der Waals surface area contributed by atoms with Gasteiger partial charge in [-0.1, -0.05) is 22.0 Å². The highest BCUT2D eigenvalue weighted by atomic mass is 79.9. The molecule has 0 fully saturated rings. The number of anilines is 1. The van der Waals surface area contributed by atoms with Crippen LogP contribution in [0.4, 0.5) is 10.5 Å². The number of halogens is 1. The first-order valence-electron chi connectivity index (χ1n) is 8.36. The van der Waals surface area contributed by atoms with E-state index in [1.165, 1.54) is 0 Å². The summed E-state index contributed by atoms with van der Waals surface area (Å²) in [7, 11) is -1.18. The van der Waals surface area contributed by atoms with Gasteiger partial charge in [-0.05, 0) is 65.7 Å². The van der Waals surface area contributed by atoms with Crippen molar-refractivity contribution in [3.05, 3.63) is 28.2 Å². The summed E-state index contributed by atoms with van der Waals surface area (Å²) in [5.41, 5.74) is 1.20. The third-order valence-electron chi connectivity index (χ3n) is 3.72. The van der Waals surface area contributed by atoms with Crippen LogP contribution in [0.1, 0.15) is 59.6 Å². The zero-order valence-corrected chi connectivity index (χ0v) is 18.1. The molecule has 0 bridgehead atoms. The van der Waals surface area contributed by atoms with E-state index in [0.29, 0.717) is 13.0 Å². The SMILES string of the molecule is CC(C)(C)OC(=O)N1CCC(NS(=O)C(C)(C)C)c2ccc(Br)cc21. The molecule has 0 radical (unpaired) electrons. The Morgan fingerprint density at radius 3 is 2.48 bits per heavy atom. The van der Waals surface area contributed by atoms with Gasteiger partial charge in [-0.25, -0.2) is 13.7 Å². The van der Waals surface area contributed by atoms with E-state index >= 15 is 0 Å². The minimum atomic E-state index is -1.18. The number of amides is 1. The maximum absolute atomic E-state index is 12.6. The van der Waals surface area contributed by atoms with Crippen LogP contribution in [0.2, 0.25) is 0 Å². The first-order valence-corrected chi connectivity index (χ1v) is 10.3. The largest absolute Gasteiger partial charge is 0.443 e. The Hall–Kier alpha value is -0.920. The number of nitrogens with one attached hydrogen (secondary N) is 1. The molecule has 0 aromatic heterocycles. The average molecular weight is 431 g/mol. The summed E-state index contributed by atoms with van der Waals surface area (Å²) in [4.78, 5) is 14.2. The second-order valence-electron chi connectivity index (χ2n) is 8.18. The molecule has 0 saturated heterocycles. The Bertz CT molecular complexity index is 680. The highest BCUT2D eigenvalue weighted by Crippen LogP contribution is 2.37. The molecule has 140 valence electrons. The number of carbonyl (C=O) groups excluding carboxylic acids is 1. The molecule has 0 aliphatic carbocycles. The number of ether oxygens (including phenoxy) is 1. The van der Waals surface area contributed by atoms with Crippen LogP contribution in [0.3, 0.4) is 0 Å². The molecule has 1 aromatic rings. The lowest BCUT2D eigenvalue weighted by Gasteiger charge is -2.36. The number of benzene rings is 1. The van der Waals surface area contributed by atoms with Gasteiger partial charge in [-0.3, -0.25) is 4.90 Å². The summed E-state index contributed by atoms with van der Waals surface area (Å²) in [6.45, 7) is 11.9. The molecule has 2 unspecified atom stereocenters. The van der Waals surface area contributed by atoms with Crippen LogP contribution in [0, 0.1) is 0 Å². The van der Waals surface area contributed by atoms with Crippen molar-refractivity contribution in [1.82, 2.24) is 4.72 Å². The van der Waals surface area contributed by atoms with E-state index in [4.69, 9.17) is 4.74 Å². The van der Waals surface area contributed by atoms with Crippen molar-refractivity contribution in [3.63, 3.8) is 0 Å². The van der Waals surface area contributed by atoms with Gasteiger partial charge in [0.2, 0.25) is 0 Å². The molecule has 1 aromatic carbocycles. The van der Waals surface area contributed by atoms with Gasteiger partial charge in [0.1, 0.15) is 5.60 Å². The van der Waals surface area contributed by atoms with Crippen molar-refractivity contribution < 1.29 is 13.7 Å². The predicted octanol–water partition coefficient (Wildman–Crippen LogP) is 4.69. The predicted molar refractivity (Wildman–Crippen MR) is 106 cm³/mol. The monoisotopic (exact) mass is 430 g/mol. The van der Waals surface area contributed by atoms with Crippen LogP contribution in [-0.4, -0.2) is 27.2 Å². The zero-order chi connectivity index (χ0) is 19.0. The topological polar surface area (TPSA) is 58.6 Å². The first-order chi connectivity index (χ1) is 11.4. The molecular formula is C18H27BrN2O3S. The van der Waals surface area contributed by atoms with Gasteiger partial charge < -0.3 is 4.74 Å². The van der Waals surface area contributed by atoms with E-state index in [-0.39, 0.29) is 16.9 Å². The molecule has 1 heterocycles. The third-order valence-corrected chi connectivity index (χ3v) is 5.82. The van der Waals surface area contributed by atoms with Crippen LogP contribution in [0.15, 0.2) is 22.7 Å². The molecule has 1 N–H and O–H groups in total. The fourth-order valence-corrected chi connectivity index (χ4v) is 3.72. The normalized spacial score (nSPS) is 19.3. The number of carbonyl (C=O) groups is 1. The minimum absolute atomic E-state index is 0.0677. The van der Waals surface area contributed by atoms with Crippen molar-refractivity contribution >= 4 is 38.7 Å². The highest BCUT2D eigenvalue weighted by Gasteiger charge is 2.33. The zero-order valence-electron chi connectivity index (χ0n) is 15.7. The quantitative estimate of drug-likeness (QED) is 0.739. The number of rotatable bonds is 2. The van der Waals surface area contributed by atoms with E-state index in [9.17, 15) is 9.00 Å². The maximum atomic E-state index is 12.6. The molecule has 5 nitrogen and oxygen atoms in total. The van der Waals surface area contributed by atoms with E-state index < -0.39 is 16.6 Å². The summed E-state index contributed by atoms with van der Waals surface area (Å²) in [6.07, 6.45) is 0.317. The summed E-state index contributed by atoms with van der Waals surface area (Å²) in [5.74, 6) is 0. The average Bonchev–Trinajstić information content (AvgIpc) is 2.44. The van der Waals surface area contributed by atoms with Crippen LogP contribution in [0.25, 0.3) is 0 Å². The molecule has 2 atom stereocenters. The van der Waals surface area contributed by atoms with Gasteiger partial charge in [0, 0.05) is 17.1 Å². The van der Waals surface area contributed by atoms with E-state index in [2.05, 4.69) is 20.7 Å². The number of hydrogen-bond donors (Lipinski definition) is 1. The van der Waals surface area contributed by atoms with Crippen molar-refractivity contribution in [2.45, 2.75) is 64.4 Å². The maximum Gasteiger partial charge on any atom is 0.414 e. The Kier molecular flexibility index (Phi) is 6.01.